The van der Waals surface area contributed by atoms with Crippen LogP contribution in [-0.2, 0) is 13.0 Å². The van der Waals surface area contributed by atoms with E-state index in [0.29, 0.717) is 39.9 Å². The van der Waals surface area contributed by atoms with Crippen molar-refractivity contribution in [1.82, 2.24) is 29.3 Å². The van der Waals surface area contributed by atoms with Gasteiger partial charge >= 0.3 is 0 Å². The minimum atomic E-state index is -0.491. The molecule has 0 saturated heterocycles. The van der Waals surface area contributed by atoms with Gasteiger partial charge in [0, 0.05) is 30.5 Å². The summed E-state index contributed by atoms with van der Waals surface area (Å²) in [6.07, 6.45) is 7.65. The molecule has 0 spiro atoms. The van der Waals surface area contributed by atoms with E-state index in [9.17, 15) is 9.18 Å². The highest BCUT2D eigenvalue weighted by Gasteiger charge is 2.28. The first-order chi connectivity index (χ1) is 17.1. The van der Waals surface area contributed by atoms with Crippen molar-refractivity contribution in [2.75, 3.05) is 5.32 Å². The van der Waals surface area contributed by atoms with E-state index in [0.717, 1.165) is 43.7 Å². The molecule has 9 nitrogen and oxygen atoms in total. The zero-order chi connectivity index (χ0) is 23.5. The van der Waals surface area contributed by atoms with Crippen LogP contribution in [0.1, 0.15) is 47.3 Å². The van der Waals surface area contributed by atoms with Crippen LogP contribution < -0.4 is 5.32 Å². The standard InChI is InChI=1S/C25H20FN7O2/c26-15-8-9-19-16(11-15)22(32-12-18(27-13-32)14-6-7-14)23(35-19)25(34)29-20-4-1-3-17(28-20)24-31-30-21-5-2-10-33(21)24/h1,3-4,8-9,11-14H,2,5-7,10H2,(H,28,29,34). The molecule has 1 N–H and O–H groups in total. The van der Waals surface area contributed by atoms with Crippen molar-refractivity contribution < 1.29 is 13.6 Å². The Kier molecular flexibility index (Phi) is 4.35. The second-order valence-electron chi connectivity index (χ2n) is 8.96. The molecule has 1 aliphatic carbocycles. The van der Waals surface area contributed by atoms with Gasteiger partial charge in [0.05, 0.1) is 12.0 Å². The highest BCUT2D eigenvalue weighted by atomic mass is 19.1. The lowest BCUT2D eigenvalue weighted by atomic mass is 10.2. The van der Waals surface area contributed by atoms with Crippen LogP contribution in [0.5, 0.6) is 0 Å². The molecule has 1 saturated carbocycles. The van der Waals surface area contributed by atoms with Crippen molar-refractivity contribution in [3.05, 3.63) is 72.0 Å². The Balaban J connectivity index is 1.26. The number of pyridine rings is 1. The highest BCUT2D eigenvalue weighted by molar-refractivity contribution is 6.09. The molecule has 1 aliphatic heterocycles. The highest BCUT2D eigenvalue weighted by Crippen LogP contribution is 2.40. The number of imidazole rings is 1. The molecule has 5 heterocycles. The topological polar surface area (TPSA) is 104 Å². The predicted octanol–water partition coefficient (Wildman–Crippen LogP) is 4.49. The molecule has 0 unspecified atom stereocenters. The van der Waals surface area contributed by atoms with Crippen LogP contribution in [-0.4, -0.2) is 35.2 Å². The Hall–Kier alpha value is -4.34. The number of aromatic nitrogens is 6. The van der Waals surface area contributed by atoms with Crippen molar-refractivity contribution in [1.29, 1.82) is 0 Å². The number of carbonyl (C=O) groups is 1. The summed E-state index contributed by atoms with van der Waals surface area (Å²) >= 11 is 0. The SMILES string of the molecule is O=C(Nc1cccc(-c2nnc3n2CCC3)n1)c1oc2ccc(F)cc2c1-n1cnc(C2CC2)c1. The molecule has 0 bridgehead atoms. The quantitative estimate of drug-likeness (QED) is 0.407. The Morgan fingerprint density at radius 1 is 1.17 bits per heavy atom. The first-order valence-electron chi connectivity index (χ1n) is 11.6. The maximum absolute atomic E-state index is 14.1. The van der Waals surface area contributed by atoms with E-state index in [1.165, 1.54) is 18.2 Å². The summed E-state index contributed by atoms with van der Waals surface area (Å²) in [5.41, 5.74) is 2.44. The van der Waals surface area contributed by atoms with Crippen molar-refractivity contribution in [3.63, 3.8) is 0 Å². The molecule has 1 fully saturated rings. The van der Waals surface area contributed by atoms with Crippen molar-refractivity contribution in [2.45, 2.75) is 38.1 Å². The molecule has 1 aromatic carbocycles. The van der Waals surface area contributed by atoms with Gasteiger partial charge in [-0.1, -0.05) is 6.07 Å². The Morgan fingerprint density at radius 2 is 2.09 bits per heavy atom. The van der Waals surface area contributed by atoms with Crippen LogP contribution in [0.3, 0.4) is 0 Å². The van der Waals surface area contributed by atoms with Crippen LogP contribution in [0.15, 0.2) is 53.3 Å². The zero-order valence-electron chi connectivity index (χ0n) is 18.6. The zero-order valence-corrected chi connectivity index (χ0v) is 18.6. The van der Waals surface area contributed by atoms with Gasteiger partial charge in [0.2, 0.25) is 5.76 Å². The second-order valence-corrected chi connectivity index (χ2v) is 8.96. The van der Waals surface area contributed by atoms with Gasteiger partial charge in [-0.3, -0.25) is 4.79 Å². The number of nitrogens with one attached hydrogen (secondary N) is 1. The van der Waals surface area contributed by atoms with E-state index in [2.05, 4.69) is 30.0 Å². The first kappa shape index (κ1) is 20.1. The number of nitrogens with zero attached hydrogens (tertiary/aromatic N) is 6. The number of hydrogen-bond acceptors (Lipinski definition) is 6. The minimum Gasteiger partial charge on any atom is -0.449 e. The number of fused-ring (bicyclic) bond motifs is 2. The third-order valence-corrected chi connectivity index (χ3v) is 6.52. The average molecular weight is 469 g/mol. The molecule has 4 aromatic heterocycles. The van der Waals surface area contributed by atoms with Crippen molar-refractivity contribution in [2.24, 2.45) is 0 Å². The minimum absolute atomic E-state index is 0.0564. The van der Waals surface area contributed by atoms with Gasteiger partial charge in [0.15, 0.2) is 5.82 Å². The van der Waals surface area contributed by atoms with Crippen molar-refractivity contribution >= 4 is 22.7 Å². The number of furan rings is 1. The van der Waals surface area contributed by atoms with Gasteiger partial charge in [-0.2, -0.15) is 0 Å². The number of benzene rings is 1. The smallest absolute Gasteiger partial charge is 0.294 e. The lowest BCUT2D eigenvalue weighted by molar-refractivity contribution is 0.0998. The van der Waals surface area contributed by atoms with Crippen LogP contribution in [0.2, 0.25) is 0 Å². The van der Waals surface area contributed by atoms with E-state index in [-0.39, 0.29) is 5.76 Å². The van der Waals surface area contributed by atoms with E-state index in [1.807, 2.05) is 12.3 Å². The summed E-state index contributed by atoms with van der Waals surface area (Å²) in [5.74, 6) is 1.57. The van der Waals surface area contributed by atoms with Gasteiger partial charge in [0.25, 0.3) is 5.91 Å². The monoisotopic (exact) mass is 469 g/mol. The number of hydrogen-bond donors (Lipinski definition) is 1. The molecule has 10 heteroatoms. The lowest BCUT2D eigenvalue weighted by Gasteiger charge is -2.07. The lowest BCUT2D eigenvalue weighted by Crippen LogP contribution is -2.14. The molecular weight excluding hydrogens is 449 g/mol. The normalized spacial score (nSPS) is 15.0. The number of anilines is 1. The largest absolute Gasteiger partial charge is 0.449 e. The van der Waals surface area contributed by atoms with Gasteiger partial charge in [-0.05, 0) is 49.6 Å². The summed E-state index contributed by atoms with van der Waals surface area (Å²) in [6.45, 7) is 0.850. The molecule has 2 aliphatic rings. The van der Waals surface area contributed by atoms with Gasteiger partial charge in [-0.25, -0.2) is 14.4 Å². The van der Waals surface area contributed by atoms with Crippen LogP contribution in [0.25, 0.3) is 28.2 Å². The average Bonchev–Trinajstić information content (AvgIpc) is 3.22. The Labute approximate surface area is 198 Å². The summed E-state index contributed by atoms with van der Waals surface area (Å²) in [5, 5.41) is 11.8. The summed E-state index contributed by atoms with van der Waals surface area (Å²) in [6, 6.07) is 9.55. The second kappa shape index (κ2) is 7.59. The predicted molar refractivity (Wildman–Crippen MR) is 125 cm³/mol. The summed E-state index contributed by atoms with van der Waals surface area (Å²) in [7, 11) is 0. The third-order valence-electron chi connectivity index (χ3n) is 6.52. The number of carbonyl (C=O) groups excluding carboxylic acids is 1. The number of rotatable bonds is 5. The third kappa shape index (κ3) is 3.40. The molecule has 35 heavy (non-hydrogen) atoms. The first-order valence-corrected chi connectivity index (χ1v) is 11.6. The number of halogens is 1. The van der Waals surface area contributed by atoms with Gasteiger partial charge < -0.3 is 18.9 Å². The van der Waals surface area contributed by atoms with E-state index in [4.69, 9.17) is 4.42 Å². The Bertz CT molecular complexity index is 1610. The van der Waals surface area contributed by atoms with Gasteiger partial charge in [-0.15, -0.1) is 10.2 Å². The molecular formula is C25H20FN7O2. The molecule has 5 aromatic rings. The fourth-order valence-corrected chi connectivity index (χ4v) is 4.66. The number of aryl methyl sites for hydroxylation is 1. The number of amides is 1. The molecule has 1 amide bonds. The summed E-state index contributed by atoms with van der Waals surface area (Å²) < 4.78 is 23.8. The van der Waals surface area contributed by atoms with Crippen LogP contribution >= 0.6 is 0 Å². The van der Waals surface area contributed by atoms with E-state index >= 15 is 0 Å². The molecule has 0 atom stereocenters. The van der Waals surface area contributed by atoms with Crippen LogP contribution in [0, 0.1) is 5.82 Å². The molecule has 7 rings (SSSR count). The van der Waals surface area contributed by atoms with Crippen LogP contribution in [0.4, 0.5) is 10.2 Å². The van der Waals surface area contributed by atoms with Crippen molar-refractivity contribution in [3.8, 4) is 17.2 Å². The Morgan fingerprint density at radius 3 is 2.97 bits per heavy atom. The maximum Gasteiger partial charge on any atom is 0.294 e. The fraction of sp³-hybridized carbons (Fsp3) is 0.240. The van der Waals surface area contributed by atoms with E-state index in [1.54, 1.807) is 23.0 Å². The summed E-state index contributed by atoms with van der Waals surface area (Å²) in [4.78, 5) is 22.5. The molecule has 0 radical (unpaired) electrons. The molecule has 174 valence electrons. The maximum atomic E-state index is 14.1. The fourth-order valence-electron chi connectivity index (χ4n) is 4.66. The van der Waals surface area contributed by atoms with Gasteiger partial charge in [0.1, 0.15) is 34.4 Å². The van der Waals surface area contributed by atoms with E-state index < -0.39 is 11.7 Å².